The highest BCUT2D eigenvalue weighted by Gasteiger charge is 2.38. The van der Waals surface area contributed by atoms with Gasteiger partial charge in [0, 0.05) is 18.8 Å². The summed E-state index contributed by atoms with van der Waals surface area (Å²) in [5.74, 6) is 0.357. The van der Waals surface area contributed by atoms with Crippen molar-refractivity contribution in [2.24, 2.45) is 5.73 Å². The van der Waals surface area contributed by atoms with Gasteiger partial charge in [-0.15, -0.1) is 0 Å². The summed E-state index contributed by atoms with van der Waals surface area (Å²) in [4.78, 5) is 0. The quantitative estimate of drug-likeness (QED) is 0.688. The SMILES string of the molecule is CCCCOCCC1(N)CCS(=O)(=O)C1. The molecule has 0 aromatic heterocycles. The summed E-state index contributed by atoms with van der Waals surface area (Å²) in [6.07, 6.45) is 3.39. The highest BCUT2D eigenvalue weighted by Crippen LogP contribution is 2.24. The lowest BCUT2D eigenvalue weighted by Crippen LogP contribution is -2.42. The van der Waals surface area contributed by atoms with E-state index in [9.17, 15) is 8.42 Å². The second-order valence-corrected chi connectivity index (χ2v) is 6.60. The Morgan fingerprint density at radius 1 is 1.40 bits per heavy atom. The molecule has 0 radical (unpaired) electrons. The second kappa shape index (κ2) is 5.27. The zero-order chi connectivity index (χ0) is 11.4. The van der Waals surface area contributed by atoms with Crippen LogP contribution in [0.1, 0.15) is 32.6 Å². The maximum absolute atomic E-state index is 11.3. The summed E-state index contributed by atoms with van der Waals surface area (Å²) in [6, 6.07) is 0. The average Bonchev–Trinajstić information content (AvgIpc) is 2.41. The molecule has 4 nitrogen and oxygen atoms in total. The van der Waals surface area contributed by atoms with Crippen LogP contribution in [-0.4, -0.2) is 38.7 Å². The van der Waals surface area contributed by atoms with Crippen LogP contribution in [0, 0.1) is 0 Å². The number of hydrogen-bond donors (Lipinski definition) is 1. The Bertz CT molecular complexity index is 289. The van der Waals surface area contributed by atoms with Gasteiger partial charge in [0.15, 0.2) is 9.84 Å². The van der Waals surface area contributed by atoms with E-state index >= 15 is 0 Å². The fourth-order valence-electron chi connectivity index (χ4n) is 1.76. The van der Waals surface area contributed by atoms with Crippen molar-refractivity contribution in [3.8, 4) is 0 Å². The van der Waals surface area contributed by atoms with Crippen molar-refractivity contribution in [2.45, 2.75) is 38.1 Å². The number of sulfone groups is 1. The Labute approximate surface area is 92.1 Å². The minimum absolute atomic E-state index is 0.122. The summed E-state index contributed by atoms with van der Waals surface area (Å²) >= 11 is 0. The third kappa shape index (κ3) is 4.49. The van der Waals surface area contributed by atoms with Crippen LogP contribution < -0.4 is 5.73 Å². The first-order chi connectivity index (χ1) is 6.97. The molecule has 0 spiro atoms. The van der Waals surface area contributed by atoms with Crippen LogP contribution in [0.3, 0.4) is 0 Å². The monoisotopic (exact) mass is 235 g/mol. The van der Waals surface area contributed by atoms with Crippen molar-refractivity contribution >= 4 is 9.84 Å². The number of hydrogen-bond acceptors (Lipinski definition) is 4. The minimum atomic E-state index is -2.88. The first-order valence-electron chi connectivity index (χ1n) is 5.54. The van der Waals surface area contributed by atoms with Crippen LogP contribution in [-0.2, 0) is 14.6 Å². The van der Waals surface area contributed by atoms with Gasteiger partial charge in [-0.3, -0.25) is 0 Å². The molecule has 2 N–H and O–H groups in total. The molecule has 0 amide bonds. The van der Waals surface area contributed by atoms with Crippen LogP contribution >= 0.6 is 0 Å². The molecular formula is C10H21NO3S. The summed E-state index contributed by atoms with van der Waals surface area (Å²) in [5, 5.41) is 0. The van der Waals surface area contributed by atoms with Gasteiger partial charge in [-0.25, -0.2) is 8.42 Å². The van der Waals surface area contributed by atoms with Gasteiger partial charge >= 0.3 is 0 Å². The molecule has 5 heteroatoms. The Hall–Kier alpha value is -0.130. The van der Waals surface area contributed by atoms with E-state index < -0.39 is 15.4 Å². The molecule has 1 aliphatic heterocycles. The molecule has 15 heavy (non-hydrogen) atoms. The van der Waals surface area contributed by atoms with Crippen molar-refractivity contribution in [2.75, 3.05) is 24.7 Å². The van der Waals surface area contributed by atoms with E-state index in [2.05, 4.69) is 6.92 Å². The number of nitrogens with two attached hydrogens (primary N) is 1. The summed E-state index contributed by atoms with van der Waals surface area (Å²) in [6.45, 7) is 3.43. The van der Waals surface area contributed by atoms with E-state index in [4.69, 9.17) is 10.5 Å². The molecule has 1 rings (SSSR count). The standard InChI is InChI=1S/C10H21NO3S/c1-2-3-6-14-7-4-10(11)5-8-15(12,13)9-10/h2-9,11H2,1H3. The predicted octanol–water partition coefficient (Wildman–Crippen LogP) is 0.709. The predicted molar refractivity (Wildman–Crippen MR) is 60.5 cm³/mol. The van der Waals surface area contributed by atoms with Gasteiger partial charge in [-0.1, -0.05) is 13.3 Å². The fraction of sp³-hybridized carbons (Fsp3) is 1.00. The lowest BCUT2D eigenvalue weighted by Gasteiger charge is -2.21. The molecule has 0 saturated carbocycles. The highest BCUT2D eigenvalue weighted by molar-refractivity contribution is 7.91. The molecule has 90 valence electrons. The van der Waals surface area contributed by atoms with Gasteiger partial charge in [-0.05, 0) is 19.3 Å². The third-order valence-electron chi connectivity index (χ3n) is 2.80. The van der Waals surface area contributed by atoms with Crippen molar-refractivity contribution in [1.82, 2.24) is 0 Å². The molecule has 1 heterocycles. The molecule has 0 aliphatic carbocycles. The topological polar surface area (TPSA) is 69.4 Å². The Kier molecular flexibility index (Phi) is 4.55. The van der Waals surface area contributed by atoms with Gasteiger partial charge in [0.05, 0.1) is 11.5 Å². The van der Waals surface area contributed by atoms with E-state index in [1.165, 1.54) is 0 Å². The Balaban J connectivity index is 2.21. The lowest BCUT2D eigenvalue weighted by atomic mass is 9.97. The number of rotatable bonds is 6. The van der Waals surface area contributed by atoms with Crippen LogP contribution in [0.4, 0.5) is 0 Å². The van der Waals surface area contributed by atoms with Gasteiger partial charge in [0.25, 0.3) is 0 Å². The molecule has 1 saturated heterocycles. The average molecular weight is 235 g/mol. The van der Waals surface area contributed by atoms with Gasteiger partial charge < -0.3 is 10.5 Å². The van der Waals surface area contributed by atoms with Crippen molar-refractivity contribution in [3.05, 3.63) is 0 Å². The molecule has 0 aromatic rings. The first kappa shape index (κ1) is 12.9. The van der Waals surface area contributed by atoms with E-state index in [1.807, 2.05) is 0 Å². The van der Waals surface area contributed by atoms with Gasteiger partial charge in [-0.2, -0.15) is 0 Å². The fourth-order valence-corrected chi connectivity index (χ4v) is 3.79. The normalized spacial score (nSPS) is 29.5. The Morgan fingerprint density at radius 3 is 2.67 bits per heavy atom. The first-order valence-corrected chi connectivity index (χ1v) is 7.37. The molecule has 1 fully saturated rings. The molecule has 1 atom stereocenters. The third-order valence-corrected chi connectivity index (χ3v) is 4.65. The summed E-state index contributed by atoms with van der Waals surface area (Å²) in [7, 11) is -2.88. The lowest BCUT2D eigenvalue weighted by molar-refractivity contribution is 0.115. The van der Waals surface area contributed by atoms with E-state index in [0.29, 0.717) is 19.4 Å². The van der Waals surface area contributed by atoms with Gasteiger partial charge in [0.1, 0.15) is 0 Å². The molecule has 0 aromatic carbocycles. The van der Waals surface area contributed by atoms with Crippen molar-refractivity contribution in [1.29, 1.82) is 0 Å². The van der Waals surface area contributed by atoms with E-state index in [0.717, 1.165) is 19.4 Å². The van der Waals surface area contributed by atoms with Crippen molar-refractivity contribution in [3.63, 3.8) is 0 Å². The zero-order valence-corrected chi connectivity index (χ0v) is 10.2. The van der Waals surface area contributed by atoms with Crippen LogP contribution in [0.5, 0.6) is 0 Å². The maximum Gasteiger partial charge on any atom is 0.152 e. The number of ether oxygens (including phenoxy) is 1. The number of unbranched alkanes of at least 4 members (excludes halogenated alkanes) is 1. The van der Waals surface area contributed by atoms with Crippen LogP contribution in [0.2, 0.25) is 0 Å². The van der Waals surface area contributed by atoms with Crippen LogP contribution in [0.25, 0.3) is 0 Å². The Morgan fingerprint density at radius 2 is 2.13 bits per heavy atom. The second-order valence-electron chi connectivity index (χ2n) is 4.42. The molecule has 1 aliphatic rings. The van der Waals surface area contributed by atoms with Crippen LogP contribution in [0.15, 0.2) is 0 Å². The van der Waals surface area contributed by atoms with Gasteiger partial charge in [0.2, 0.25) is 0 Å². The largest absolute Gasteiger partial charge is 0.381 e. The zero-order valence-electron chi connectivity index (χ0n) is 9.37. The van der Waals surface area contributed by atoms with E-state index in [-0.39, 0.29) is 11.5 Å². The molecule has 1 unspecified atom stereocenters. The van der Waals surface area contributed by atoms with Crippen molar-refractivity contribution < 1.29 is 13.2 Å². The highest BCUT2D eigenvalue weighted by atomic mass is 32.2. The summed E-state index contributed by atoms with van der Waals surface area (Å²) < 4.78 is 27.9. The molecular weight excluding hydrogens is 214 g/mol. The minimum Gasteiger partial charge on any atom is -0.381 e. The maximum atomic E-state index is 11.3. The molecule has 0 bridgehead atoms. The smallest absolute Gasteiger partial charge is 0.152 e. The van der Waals surface area contributed by atoms with E-state index in [1.54, 1.807) is 0 Å². The summed E-state index contributed by atoms with van der Waals surface area (Å²) in [5.41, 5.74) is 5.45.